The van der Waals surface area contributed by atoms with E-state index in [4.69, 9.17) is 0 Å². The topological polar surface area (TPSA) is 67.2 Å². The standard InChI is InChI=1S/C10H11BrN4O2/c1-14-5-6(11)9(16)8(10(14)17)12-7-3-4-15(2)13-7/h3-5,8H,1-2H3,(H,12,13). The number of aryl methyl sites for hydroxylation is 1. The minimum atomic E-state index is -0.922. The van der Waals surface area contributed by atoms with Crippen molar-refractivity contribution in [2.24, 2.45) is 7.05 Å². The zero-order valence-electron chi connectivity index (χ0n) is 9.35. The zero-order valence-corrected chi connectivity index (χ0v) is 10.9. The molecule has 17 heavy (non-hydrogen) atoms. The maximum Gasteiger partial charge on any atom is 0.257 e. The molecule has 1 amide bonds. The Bertz CT molecular complexity index is 508. The van der Waals surface area contributed by atoms with E-state index in [-0.39, 0.29) is 11.7 Å². The predicted octanol–water partition coefficient (Wildman–Crippen LogP) is 0.478. The van der Waals surface area contributed by atoms with Crippen molar-refractivity contribution < 1.29 is 9.59 Å². The molecule has 1 aliphatic rings. The fraction of sp³-hybridized carbons (Fsp3) is 0.300. The van der Waals surface area contributed by atoms with Crippen molar-refractivity contribution in [2.45, 2.75) is 6.04 Å². The van der Waals surface area contributed by atoms with E-state index in [0.717, 1.165) is 0 Å². The van der Waals surface area contributed by atoms with Gasteiger partial charge in [0.05, 0.1) is 4.48 Å². The van der Waals surface area contributed by atoms with E-state index in [1.807, 2.05) is 0 Å². The first kappa shape index (κ1) is 11.8. The molecule has 1 aromatic rings. The van der Waals surface area contributed by atoms with Gasteiger partial charge in [0.25, 0.3) is 5.91 Å². The highest BCUT2D eigenvalue weighted by molar-refractivity contribution is 9.12. The maximum absolute atomic E-state index is 11.8. The molecule has 1 unspecified atom stereocenters. The number of anilines is 1. The van der Waals surface area contributed by atoms with Crippen molar-refractivity contribution in [1.82, 2.24) is 14.7 Å². The summed E-state index contributed by atoms with van der Waals surface area (Å²) in [6, 6.07) is 0.779. The Morgan fingerprint density at radius 3 is 2.71 bits per heavy atom. The lowest BCUT2D eigenvalue weighted by atomic mass is 10.1. The smallest absolute Gasteiger partial charge is 0.257 e. The summed E-state index contributed by atoms with van der Waals surface area (Å²) in [6.07, 6.45) is 3.19. The van der Waals surface area contributed by atoms with E-state index >= 15 is 0 Å². The summed E-state index contributed by atoms with van der Waals surface area (Å²) in [5, 5.41) is 6.89. The largest absolute Gasteiger partial charge is 0.351 e. The van der Waals surface area contributed by atoms with Crippen molar-refractivity contribution >= 4 is 33.4 Å². The average Bonchev–Trinajstić information content (AvgIpc) is 2.68. The molecule has 0 radical (unpaired) electrons. The van der Waals surface area contributed by atoms with Crippen LogP contribution < -0.4 is 5.32 Å². The van der Waals surface area contributed by atoms with Gasteiger partial charge >= 0.3 is 0 Å². The minimum Gasteiger partial charge on any atom is -0.351 e. The number of carbonyl (C=O) groups is 2. The lowest BCUT2D eigenvalue weighted by Crippen LogP contribution is -2.47. The molecule has 0 spiro atoms. The molecule has 1 aromatic heterocycles. The van der Waals surface area contributed by atoms with Crippen LogP contribution in [0.15, 0.2) is 22.9 Å². The summed E-state index contributed by atoms with van der Waals surface area (Å²) in [7, 11) is 3.36. The quantitative estimate of drug-likeness (QED) is 0.807. The molecule has 0 saturated carbocycles. The van der Waals surface area contributed by atoms with E-state index in [0.29, 0.717) is 10.3 Å². The molecular formula is C10H11BrN4O2. The maximum atomic E-state index is 11.8. The fourth-order valence-electron chi connectivity index (χ4n) is 1.52. The first-order valence-corrected chi connectivity index (χ1v) is 5.72. The van der Waals surface area contributed by atoms with Crippen molar-refractivity contribution in [1.29, 1.82) is 0 Å². The lowest BCUT2D eigenvalue weighted by molar-refractivity contribution is -0.133. The normalized spacial score (nSPS) is 20.5. The number of likely N-dealkylation sites (N-methyl/N-ethyl adjacent to an activating group) is 1. The molecule has 7 heteroatoms. The van der Waals surface area contributed by atoms with Crippen LogP contribution in [0.2, 0.25) is 0 Å². The second-order valence-electron chi connectivity index (χ2n) is 3.74. The Labute approximate surface area is 106 Å². The van der Waals surface area contributed by atoms with Gasteiger partial charge in [-0.15, -0.1) is 0 Å². The molecule has 90 valence electrons. The second-order valence-corrected chi connectivity index (χ2v) is 4.60. The van der Waals surface area contributed by atoms with Gasteiger partial charge in [0, 0.05) is 32.6 Å². The molecule has 2 rings (SSSR count). The lowest BCUT2D eigenvalue weighted by Gasteiger charge is -2.25. The fourth-order valence-corrected chi connectivity index (χ4v) is 2.05. The first-order valence-electron chi connectivity index (χ1n) is 4.93. The van der Waals surface area contributed by atoms with Crippen LogP contribution in [0.3, 0.4) is 0 Å². The average molecular weight is 299 g/mol. The first-order chi connectivity index (χ1) is 7.99. The van der Waals surface area contributed by atoms with E-state index in [1.54, 1.807) is 31.0 Å². The highest BCUT2D eigenvalue weighted by Crippen LogP contribution is 2.19. The number of carbonyl (C=O) groups excluding carboxylic acids is 2. The van der Waals surface area contributed by atoms with Crippen LogP contribution in [0.4, 0.5) is 5.82 Å². The van der Waals surface area contributed by atoms with Gasteiger partial charge < -0.3 is 10.2 Å². The van der Waals surface area contributed by atoms with E-state index in [1.165, 1.54) is 11.1 Å². The van der Waals surface area contributed by atoms with E-state index in [9.17, 15) is 9.59 Å². The summed E-state index contributed by atoms with van der Waals surface area (Å²) in [5.41, 5.74) is 0. The van der Waals surface area contributed by atoms with Gasteiger partial charge in [-0.1, -0.05) is 0 Å². The summed E-state index contributed by atoms with van der Waals surface area (Å²) >= 11 is 3.13. The van der Waals surface area contributed by atoms with Crippen LogP contribution in [-0.4, -0.2) is 39.5 Å². The third-order valence-electron chi connectivity index (χ3n) is 2.40. The van der Waals surface area contributed by atoms with Gasteiger partial charge in [0.15, 0.2) is 6.04 Å². The number of ketones is 1. The number of amides is 1. The van der Waals surface area contributed by atoms with Gasteiger partial charge in [0.2, 0.25) is 5.78 Å². The molecule has 0 fully saturated rings. The van der Waals surface area contributed by atoms with Crippen LogP contribution in [0.25, 0.3) is 0 Å². The second kappa shape index (κ2) is 4.33. The Kier molecular flexibility index (Phi) is 3.01. The van der Waals surface area contributed by atoms with Gasteiger partial charge in [-0.3, -0.25) is 14.3 Å². The van der Waals surface area contributed by atoms with Gasteiger partial charge in [-0.25, -0.2) is 0 Å². The molecule has 2 heterocycles. The molecular weight excluding hydrogens is 288 g/mol. The van der Waals surface area contributed by atoms with Crippen molar-refractivity contribution in [2.75, 3.05) is 12.4 Å². The Morgan fingerprint density at radius 2 is 2.12 bits per heavy atom. The van der Waals surface area contributed by atoms with Crippen LogP contribution in [0.5, 0.6) is 0 Å². The SMILES string of the molecule is CN1C=C(Br)C(=O)C(Nc2ccn(C)n2)C1=O. The monoisotopic (exact) mass is 298 g/mol. The van der Waals surface area contributed by atoms with Crippen LogP contribution in [0.1, 0.15) is 0 Å². The van der Waals surface area contributed by atoms with Crippen LogP contribution in [-0.2, 0) is 16.6 Å². The summed E-state index contributed by atoms with van der Waals surface area (Å²) in [6.45, 7) is 0. The molecule has 1 aliphatic heterocycles. The highest BCUT2D eigenvalue weighted by Gasteiger charge is 2.34. The number of nitrogens with one attached hydrogen (secondary N) is 1. The van der Waals surface area contributed by atoms with Crippen LogP contribution in [0, 0.1) is 0 Å². The summed E-state index contributed by atoms with van der Waals surface area (Å²) in [4.78, 5) is 25.0. The third-order valence-corrected chi connectivity index (χ3v) is 3.00. The molecule has 0 bridgehead atoms. The van der Waals surface area contributed by atoms with Gasteiger partial charge in [-0.05, 0) is 15.9 Å². The van der Waals surface area contributed by atoms with Gasteiger partial charge in [0.1, 0.15) is 5.82 Å². The molecule has 0 aliphatic carbocycles. The number of nitrogens with zero attached hydrogens (tertiary/aromatic N) is 3. The predicted molar refractivity (Wildman–Crippen MR) is 65.4 cm³/mol. The van der Waals surface area contributed by atoms with E-state index in [2.05, 4.69) is 26.3 Å². The number of halogens is 1. The number of hydrogen-bond donors (Lipinski definition) is 1. The Balaban J connectivity index is 2.23. The van der Waals surface area contributed by atoms with Crippen molar-refractivity contribution in [3.05, 3.63) is 22.9 Å². The van der Waals surface area contributed by atoms with Gasteiger partial charge in [-0.2, -0.15) is 5.10 Å². The highest BCUT2D eigenvalue weighted by atomic mass is 79.9. The molecule has 1 atom stereocenters. The third kappa shape index (κ3) is 2.23. The summed E-state index contributed by atoms with van der Waals surface area (Å²) in [5.74, 6) is -0.0996. The molecule has 0 aromatic carbocycles. The van der Waals surface area contributed by atoms with Crippen molar-refractivity contribution in [3.8, 4) is 0 Å². The minimum absolute atomic E-state index is 0.293. The number of Topliss-reactive ketones (excluding diaryl/α,β-unsaturated/α-hetero) is 1. The number of aromatic nitrogens is 2. The summed E-state index contributed by atoms with van der Waals surface area (Å²) < 4.78 is 1.96. The number of hydrogen-bond acceptors (Lipinski definition) is 4. The molecule has 0 saturated heterocycles. The van der Waals surface area contributed by atoms with Crippen LogP contribution >= 0.6 is 15.9 Å². The Morgan fingerprint density at radius 1 is 1.41 bits per heavy atom. The molecule has 6 nitrogen and oxygen atoms in total. The Hall–Kier alpha value is -1.63. The van der Waals surface area contributed by atoms with E-state index < -0.39 is 6.04 Å². The molecule has 1 N–H and O–H groups in total. The zero-order chi connectivity index (χ0) is 12.6. The van der Waals surface area contributed by atoms with Crippen molar-refractivity contribution in [3.63, 3.8) is 0 Å². The number of rotatable bonds is 2.